The van der Waals surface area contributed by atoms with Crippen molar-refractivity contribution in [3.05, 3.63) is 29.6 Å². The van der Waals surface area contributed by atoms with Crippen LogP contribution in [0.4, 0.5) is 4.39 Å². The fourth-order valence-corrected chi connectivity index (χ4v) is 2.22. The molecule has 0 bridgehead atoms. The number of methoxy groups -OCH3 is 1. The first kappa shape index (κ1) is 14.2. The van der Waals surface area contributed by atoms with E-state index in [0.29, 0.717) is 17.5 Å². The molecule has 19 heavy (non-hydrogen) atoms. The highest BCUT2D eigenvalue weighted by atomic mass is 32.1. The smallest absolute Gasteiger partial charge is 0.165 e. The molecule has 0 amide bonds. The van der Waals surface area contributed by atoms with Crippen molar-refractivity contribution < 1.29 is 9.13 Å². The molecular formula is C14H19FN2OS. The van der Waals surface area contributed by atoms with E-state index in [1.54, 1.807) is 6.07 Å². The Bertz CT molecular complexity index is 463. The van der Waals surface area contributed by atoms with Crippen molar-refractivity contribution in [2.24, 2.45) is 5.73 Å². The summed E-state index contributed by atoms with van der Waals surface area (Å²) in [4.78, 5) is 2.85. The number of ether oxygens (including phenoxy) is 1. The first-order valence-electron chi connectivity index (χ1n) is 6.45. The summed E-state index contributed by atoms with van der Waals surface area (Å²) in [6, 6.07) is 5.70. The number of thiocarbonyl (C=S) groups is 1. The van der Waals surface area contributed by atoms with E-state index in [2.05, 4.69) is 4.90 Å². The van der Waals surface area contributed by atoms with Crippen LogP contribution in [0.5, 0.6) is 5.75 Å². The number of nitrogens with two attached hydrogens (primary N) is 1. The molecular weight excluding hydrogens is 263 g/mol. The number of nitrogens with zero attached hydrogens (tertiary/aromatic N) is 1. The highest BCUT2D eigenvalue weighted by molar-refractivity contribution is 7.80. The third kappa shape index (κ3) is 4.14. The molecule has 0 radical (unpaired) electrons. The van der Waals surface area contributed by atoms with Gasteiger partial charge in [-0.05, 0) is 30.5 Å². The molecule has 1 aliphatic rings. The minimum Gasteiger partial charge on any atom is -0.494 e. The van der Waals surface area contributed by atoms with Crippen LogP contribution < -0.4 is 10.5 Å². The lowest BCUT2D eigenvalue weighted by Gasteiger charge is -2.22. The lowest BCUT2D eigenvalue weighted by Crippen LogP contribution is -2.29. The van der Waals surface area contributed by atoms with Gasteiger partial charge in [0, 0.05) is 25.6 Å². The lowest BCUT2D eigenvalue weighted by atomic mass is 10.2. The second-order valence-corrected chi connectivity index (χ2v) is 5.41. The van der Waals surface area contributed by atoms with E-state index < -0.39 is 0 Å². The van der Waals surface area contributed by atoms with Gasteiger partial charge in [0.1, 0.15) is 0 Å². The van der Waals surface area contributed by atoms with Crippen LogP contribution in [0.2, 0.25) is 0 Å². The highest BCUT2D eigenvalue weighted by Crippen LogP contribution is 2.29. The van der Waals surface area contributed by atoms with E-state index in [4.69, 9.17) is 22.7 Å². The summed E-state index contributed by atoms with van der Waals surface area (Å²) < 4.78 is 18.6. The van der Waals surface area contributed by atoms with Gasteiger partial charge in [-0.1, -0.05) is 18.3 Å². The predicted octanol–water partition coefficient (Wildman–Crippen LogP) is 2.47. The third-order valence-corrected chi connectivity index (χ3v) is 3.51. The molecule has 3 nitrogen and oxygen atoms in total. The van der Waals surface area contributed by atoms with Gasteiger partial charge in [0.05, 0.1) is 12.1 Å². The fraction of sp³-hybridized carbons (Fsp3) is 0.500. The molecule has 1 aromatic rings. The number of rotatable bonds is 7. The summed E-state index contributed by atoms with van der Waals surface area (Å²) in [6.07, 6.45) is 3.12. The van der Waals surface area contributed by atoms with Gasteiger partial charge in [-0.2, -0.15) is 0 Å². The molecule has 0 heterocycles. The summed E-state index contributed by atoms with van der Waals surface area (Å²) in [7, 11) is 1.47. The Hall–Kier alpha value is -1.20. The van der Waals surface area contributed by atoms with Gasteiger partial charge in [0.25, 0.3) is 0 Å². The maximum atomic E-state index is 13.6. The van der Waals surface area contributed by atoms with E-state index in [-0.39, 0.29) is 11.6 Å². The second-order valence-electron chi connectivity index (χ2n) is 4.89. The fourth-order valence-electron chi connectivity index (χ4n) is 2.13. The van der Waals surface area contributed by atoms with Crippen molar-refractivity contribution in [3.8, 4) is 5.75 Å². The van der Waals surface area contributed by atoms with Crippen LogP contribution in [0.3, 0.4) is 0 Å². The van der Waals surface area contributed by atoms with Crippen LogP contribution in [0, 0.1) is 5.82 Å². The van der Waals surface area contributed by atoms with Crippen LogP contribution in [0.15, 0.2) is 18.2 Å². The van der Waals surface area contributed by atoms with Gasteiger partial charge in [0.15, 0.2) is 11.6 Å². The molecule has 1 aromatic carbocycles. The molecule has 2 N–H and O–H groups in total. The molecule has 5 heteroatoms. The Kier molecular flexibility index (Phi) is 4.71. The minimum absolute atomic E-state index is 0.282. The molecule has 0 aliphatic heterocycles. The van der Waals surface area contributed by atoms with Crippen molar-refractivity contribution in [3.63, 3.8) is 0 Å². The summed E-state index contributed by atoms with van der Waals surface area (Å²) >= 11 is 4.91. The van der Waals surface area contributed by atoms with Crippen LogP contribution in [-0.4, -0.2) is 29.6 Å². The molecule has 0 saturated heterocycles. The largest absolute Gasteiger partial charge is 0.494 e. The van der Waals surface area contributed by atoms with Crippen LogP contribution in [-0.2, 0) is 6.54 Å². The normalized spacial score (nSPS) is 14.7. The van der Waals surface area contributed by atoms with Crippen molar-refractivity contribution in [1.82, 2.24) is 4.90 Å². The minimum atomic E-state index is -0.315. The van der Waals surface area contributed by atoms with E-state index in [1.165, 1.54) is 26.0 Å². The number of halogens is 1. The second kappa shape index (κ2) is 6.30. The van der Waals surface area contributed by atoms with Crippen molar-refractivity contribution >= 4 is 17.2 Å². The first-order chi connectivity index (χ1) is 9.10. The van der Waals surface area contributed by atoms with Gasteiger partial charge in [0.2, 0.25) is 0 Å². The molecule has 0 aromatic heterocycles. The number of benzene rings is 1. The standard InChI is InChI=1S/C14H19FN2OS/c1-18-13-5-2-10(8-12(13)15)9-17(11-3-4-11)7-6-14(16)19/h2,5,8,11H,3-4,6-7,9H2,1H3,(H2,16,19). The van der Waals surface area contributed by atoms with E-state index in [1.807, 2.05) is 6.07 Å². The lowest BCUT2D eigenvalue weighted by molar-refractivity contribution is 0.262. The quantitative estimate of drug-likeness (QED) is 0.780. The van der Waals surface area contributed by atoms with Crippen LogP contribution in [0.25, 0.3) is 0 Å². The monoisotopic (exact) mass is 282 g/mol. The highest BCUT2D eigenvalue weighted by Gasteiger charge is 2.28. The van der Waals surface area contributed by atoms with Gasteiger partial charge in [-0.25, -0.2) is 4.39 Å². The number of hydrogen-bond donors (Lipinski definition) is 1. The zero-order valence-electron chi connectivity index (χ0n) is 11.1. The van der Waals surface area contributed by atoms with Crippen LogP contribution in [0.1, 0.15) is 24.8 Å². The predicted molar refractivity (Wildman–Crippen MR) is 77.8 cm³/mol. The van der Waals surface area contributed by atoms with Crippen molar-refractivity contribution in [1.29, 1.82) is 0 Å². The molecule has 104 valence electrons. The summed E-state index contributed by atoms with van der Waals surface area (Å²) in [5, 5.41) is 0. The van der Waals surface area contributed by atoms with Gasteiger partial charge in [-0.15, -0.1) is 0 Å². The average molecular weight is 282 g/mol. The number of hydrogen-bond acceptors (Lipinski definition) is 3. The van der Waals surface area contributed by atoms with E-state index in [0.717, 1.165) is 18.7 Å². The van der Waals surface area contributed by atoms with Crippen LogP contribution >= 0.6 is 12.2 Å². The van der Waals surface area contributed by atoms with Crippen molar-refractivity contribution in [2.45, 2.75) is 31.8 Å². The zero-order valence-corrected chi connectivity index (χ0v) is 11.9. The zero-order chi connectivity index (χ0) is 13.8. The molecule has 0 unspecified atom stereocenters. The first-order valence-corrected chi connectivity index (χ1v) is 6.85. The molecule has 1 aliphatic carbocycles. The summed E-state index contributed by atoms with van der Waals surface area (Å²) in [5.74, 6) is -0.0325. The van der Waals surface area contributed by atoms with Gasteiger partial charge >= 0.3 is 0 Å². The Morgan fingerprint density at radius 1 is 1.53 bits per heavy atom. The third-order valence-electron chi connectivity index (χ3n) is 3.31. The van der Waals surface area contributed by atoms with Gasteiger partial charge in [-0.3, -0.25) is 4.90 Å². The summed E-state index contributed by atoms with van der Waals surface area (Å²) in [5.41, 5.74) is 6.50. The SMILES string of the molecule is COc1ccc(CN(CCC(N)=S)C2CC2)cc1F. The van der Waals surface area contributed by atoms with E-state index >= 15 is 0 Å². The maximum absolute atomic E-state index is 13.6. The molecule has 0 spiro atoms. The van der Waals surface area contributed by atoms with Gasteiger partial charge < -0.3 is 10.5 Å². The Labute approximate surface area is 118 Å². The summed E-state index contributed by atoms with van der Waals surface area (Å²) in [6.45, 7) is 1.57. The Morgan fingerprint density at radius 2 is 2.26 bits per heavy atom. The Balaban J connectivity index is 2.00. The molecule has 2 rings (SSSR count). The van der Waals surface area contributed by atoms with E-state index in [9.17, 15) is 4.39 Å². The topological polar surface area (TPSA) is 38.5 Å². The maximum Gasteiger partial charge on any atom is 0.165 e. The average Bonchev–Trinajstić information content (AvgIpc) is 3.18. The molecule has 1 fully saturated rings. The Morgan fingerprint density at radius 3 is 2.79 bits per heavy atom. The molecule has 1 saturated carbocycles. The van der Waals surface area contributed by atoms with Crippen molar-refractivity contribution in [2.75, 3.05) is 13.7 Å². The molecule has 0 atom stereocenters.